The molecule has 0 unspecified atom stereocenters. The predicted octanol–water partition coefficient (Wildman–Crippen LogP) is 3.92. The average Bonchev–Trinajstić information content (AvgIpc) is 2.52. The number of pyridine rings is 1. The molecule has 7 heteroatoms. The number of carbonyl (C=O) groups is 1. The van der Waals surface area contributed by atoms with Gasteiger partial charge in [0.2, 0.25) is 0 Å². The van der Waals surface area contributed by atoms with Crippen LogP contribution in [0.5, 0.6) is 0 Å². The molecule has 0 bridgehead atoms. The highest BCUT2D eigenvalue weighted by molar-refractivity contribution is 7.99. The Morgan fingerprint density at radius 1 is 1.18 bits per heavy atom. The molecule has 1 N–H and O–H groups in total. The summed E-state index contributed by atoms with van der Waals surface area (Å²) >= 11 is 1.90. The van der Waals surface area contributed by atoms with Crippen molar-refractivity contribution in [1.82, 2.24) is 10.3 Å². The number of benzene rings is 1. The molecule has 0 spiro atoms. The molecular formula is C15H14F2N2OS2. The molecule has 22 heavy (non-hydrogen) atoms. The summed E-state index contributed by atoms with van der Waals surface area (Å²) < 4.78 is 24.9. The molecule has 0 aliphatic heterocycles. The molecule has 1 amide bonds. The quantitative estimate of drug-likeness (QED) is 0.613. The number of thioether (sulfide) groups is 2. The van der Waals surface area contributed by atoms with Gasteiger partial charge < -0.3 is 5.32 Å². The molecule has 0 atom stereocenters. The van der Waals surface area contributed by atoms with Crippen molar-refractivity contribution in [2.24, 2.45) is 0 Å². The standard InChI is InChI=1S/C15H14F2N2OS2/c16-15(17)22-14-12(7-4-8-19-14)13(20)18-9-10-21-11-5-2-1-3-6-11/h1-8,15H,9-10H2,(H,18,20). The van der Waals surface area contributed by atoms with Gasteiger partial charge in [0.05, 0.1) is 5.56 Å². The molecular weight excluding hydrogens is 326 g/mol. The van der Waals surface area contributed by atoms with Gasteiger partial charge in [-0.1, -0.05) is 18.2 Å². The van der Waals surface area contributed by atoms with Crippen LogP contribution in [0.15, 0.2) is 58.6 Å². The second kappa shape index (κ2) is 8.75. The molecule has 2 rings (SSSR count). The average molecular weight is 340 g/mol. The molecule has 1 aromatic carbocycles. The van der Waals surface area contributed by atoms with Gasteiger partial charge in [-0.25, -0.2) is 4.98 Å². The first kappa shape index (κ1) is 16.8. The van der Waals surface area contributed by atoms with Crippen LogP contribution < -0.4 is 5.32 Å². The monoisotopic (exact) mass is 340 g/mol. The molecule has 2 aromatic rings. The number of hydrogen-bond donors (Lipinski definition) is 1. The van der Waals surface area contributed by atoms with Gasteiger partial charge in [0.15, 0.2) is 0 Å². The van der Waals surface area contributed by atoms with Crippen LogP contribution >= 0.6 is 23.5 Å². The lowest BCUT2D eigenvalue weighted by Crippen LogP contribution is -2.26. The highest BCUT2D eigenvalue weighted by atomic mass is 32.2. The van der Waals surface area contributed by atoms with Crippen molar-refractivity contribution in [3.05, 3.63) is 54.2 Å². The van der Waals surface area contributed by atoms with Gasteiger partial charge in [-0.2, -0.15) is 8.78 Å². The number of nitrogens with one attached hydrogen (secondary N) is 1. The topological polar surface area (TPSA) is 42.0 Å². The molecule has 0 radical (unpaired) electrons. The van der Waals surface area contributed by atoms with Crippen molar-refractivity contribution in [2.75, 3.05) is 12.3 Å². The zero-order valence-corrected chi connectivity index (χ0v) is 13.2. The summed E-state index contributed by atoms with van der Waals surface area (Å²) in [6.45, 7) is 0.450. The molecule has 1 aromatic heterocycles. The van der Waals surface area contributed by atoms with E-state index in [1.54, 1.807) is 17.8 Å². The zero-order chi connectivity index (χ0) is 15.8. The van der Waals surface area contributed by atoms with Gasteiger partial charge in [0.25, 0.3) is 11.7 Å². The van der Waals surface area contributed by atoms with Gasteiger partial charge in [-0.15, -0.1) is 11.8 Å². The summed E-state index contributed by atoms with van der Waals surface area (Å²) in [6, 6.07) is 12.9. The largest absolute Gasteiger partial charge is 0.351 e. The first-order valence-corrected chi connectivity index (χ1v) is 8.39. The molecule has 1 heterocycles. The molecule has 0 aliphatic carbocycles. The van der Waals surface area contributed by atoms with E-state index in [2.05, 4.69) is 10.3 Å². The Hall–Kier alpha value is -1.60. The van der Waals surface area contributed by atoms with E-state index in [0.717, 1.165) is 4.90 Å². The SMILES string of the molecule is O=C(NCCSc1ccccc1)c1cccnc1SC(F)F. The summed E-state index contributed by atoms with van der Waals surface area (Å²) in [5, 5.41) is 2.77. The Kier molecular flexibility index (Phi) is 6.67. The predicted molar refractivity (Wildman–Crippen MR) is 85.6 cm³/mol. The van der Waals surface area contributed by atoms with Crippen molar-refractivity contribution in [2.45, 2.75) is 15.7 Å². The Labute approximate surface area is 135 Å². The first-order chi connectivity index (χ1) is 10.7. The van der Waals surface area contributed by atoms with Crippen molar-refractivity contribution in [3.8, 4) is 0 Å². The third kappa shape index (κ3) is 5.31. The summed E-state index contributed by atoms with van der Waals surface area (Å²) in [4.78, 5) is 17.0. The minimum atomic E-state index is -2.60. The van der Waals surface area contributed by atoms with Gasteiger partial charge in [-0.3, -0.25) is 4.79 Å². The van der Waals surface area contributed by atoms with E-state index in [1.807, 2.05) is 30.3 Å². The summed E-state index contributed by atoms with van der Waals surface area (Å²) in [5.41, 5.74) is 0.178. The van der Waals surface area contributed by atoms with Gasteiger partial charge >= 0.3 is 0 Å². The van der Waals surface area contributed by atoms with Gasteiger partial charge in [0, 0.05) is 23.4 Å². The number of halogens is 2. The lowest BCUT2D eigenvalue weighted by atomic mass is 10.3. The van der Waals surface area contributed by atoms with E-state index in [1.165, 1.54) is 12.3 Å². The van der Waals surface area contributed by atoms with Crippen molar-refractivity contribution in [3.63, 3.8) is 0 Å². The first-order valence-electron chi connectivity index (χ1n) is 6.52. The molecule has 116 valence electrons. The minimum Gasteiger partial charge on any atom is -0.351 e. The Morgan fingerprint density at radius 3 is 2.68 bits per heavy atom. The highest BCUT2D eigenvalue weighted by Gasteiger charge is 2.16. The highest BCUT2D eigenvalue weighted by Crippen LogP contribution is 2.26. The maximum Gasteiger partial charge on any atom is 0.290 e. The Bertz CT molecular complexity index is 612. The number of aromatic nitrogens is 1. The smallest absolute Gasteiger partial charge is 0.290 e. The fourth-order valence-corrected chi connectivity index (χ4v) is 3.05. The normalized spacial score (nSPS) is 10.7. The van der Waals surface area contributed by atoms with Crippen molar-refractivity contribution < 1.29 is 13.6 Å². The van der Waals surface area contributed by atoms with Gasteiger partial charge in [0.1, 0.15) is 5.03 Å². The molecule has 0 aliphatic rings. The molecule has 0 fully saturated rings. The number of carbonyl (C=O) groups excluding carboxylic acids is 1. The number of amides is 1. The second-order valence-electron chi connectivity index (χ2n) is 4.15. The molecule has 3 nitrogen and oxygen atoms in total. The van der Waals surface area contributed by atoms with E-state index in [0.29, 0.717) is 12.3 Å². The van der Waals surface area contributed by atoms with Crippen LogP contribution in [-0.2, 0) is 0 Å². The van der Waals surface area contributed by atoms with E-state index in [4.69, 9.17) is 0 Å². The Morgan fingerprint density at radius 2 is 1.95 bits per heavy atom. The number of nitrogens with zero attached hydrogens (tertiary/aromatic N) is 1. The molecule has 0 saturated carbocycles. The maximum absolute atomic E-state index is 12.4. The van der Waals surface area contributed by atoms with Crippen LogP contribution in [0.4, 0.5) is 8.78 Å². The van der Waals surface area contributed by atoms with E-state index < -0.39 is 5.76 Å². The molecule has 0 saturated heterocycles. The maximum atomic E-state index is 12.4. The minimum absolute atomic E-state index is 0.0470. The second-order valence-corrected chi connectivity index (χ2v) is 6.30. The number of rotatable bonds is 7. The third-order valence-corrected chi connectivity index (χ3v) is 4.36. The zero-order valence-electron chi connectivity index (χ0n) is 11.5. The fourth-order valence-electron chi connectivity index (χ4n) is 1.69. The van der Waals surface area contributed by atoms with E-state index >= 15 is 0 Å². The summed E-state index contributed by atoms with van der Waals surface area (Å²) in [5.74, 6) is -2.28. The van der Waals surface area contributed by atoms with E-state index in [-0.39, 0.29) is 28.3 Å². The van der Waals surface area contributed by atoms with Crippen LogP contribution in [0.2, 0.25) is 0 Å². The van der Waals surface area contributed by atoms with Crippen LogP contribution in [0.1, 0.15) is 10.4 Å². The third-order valence-electron chi connectivity index (χ3n) is 2.62. The van der Waals surface area contributed by atoms with Crippen molar-refractivity contribution in [1.29, 1.82) is 0 Å². The lowest BCUT2D eigenvalue weighted by Gasteiger charge is -2.08. The number of alkyl halides is 2. The van der Waals surface area contributed by atoms with Crippen LogP contribution in [-0.4, -0.2) is 28.9 Å². The summed E-state index contributed by atoms with van der Waals surface area (Å²) in [6.07, 6.45) is 1.40. The van der Waals surface area contributed by atoms with Gasteiger partial charge in [-0.05, 0) is 36.0 Å². The van der Waals surface area contributed by atoms with Crippen molar-refractivity contribution >= 4 is 29.4 Å². The van der Waals surface area contributed by atoms with Crippen LogP contribution in [0, 0.1) is 0 Å². The fraction of sp³-hybridized carbons (Fsp3) is 0.200. The van der Waals surface area contributed by atoms with Crippen LogP contribution in [0.3, 0.4) is 0 Å². The van der Waals surface area contributed by atoms with Crippen LogP contribution in [0.25, 0.3) is 0 Å². The Balaban J connectivity index is 1.85. The number of hydrogen-bond acceptors (Lipinski definition) is 4. The lowest BCUT2D eigenvalue weighted by molar-refractivity contribution is 0.0952. The van der Waals surface area contributed by atoms with E-state index in [9.17, 15) is 13.6 Å². The summed E-state index contributed by atoms with van der Waals surface area (Å²) in [7, 11) is 0.